The molecule has 0 saturated carbocycles. The summed E-state index contributed by atoms with van der Waals surface area (Å²) in [4.78, 5) is 22.5. The highest BCUT2D eigenvalue weighted by molar-refractivity contribution is 5.86. The van der Waals surface area contributed by atoms with Crippen molar-refractivity contribution in [1.29, 1.82) is 0 Å². The predicted molar refractivity (Wildman–Crippen MR) is 50.3 cm³/mol. The third-order valence-electron chi connectivity index (χ3n) is 2.10. The van der Waals surface area contributed by atoms with Gasteiger partial charge in [-0.3, -0.25) is 9.59 Å². The lowest BCUT2D eigenvalue weighted by Crippen LogP contribution is -2.22. The molecule has 0 aromatic rings. The summed E-state index contributed by atoms with van der Waals surface area (Å²) in [6.07, 6.45) is 0.913. The van der Waals surface area contributed by atoms with Gasteiger partial charge < -0.3 is 4.74 Å². The summed E-state index contributed by atoms with van der Waals surface area (Å²) in [7, 11) is 1.34. The van der Waals surface area contributed by atoms with Crippen LogP contribution in [0.25, 0.3) is 0 Å². The average molecular weight is 186 g/mol. The minimum absolute atomic E-state index is 0.00499. The van der Waals surface area contributed by atoms with E-state index in [-0.39, 0.29) is 30.0 Å². The number of carbonyl (C=O) groups excluding carboxylic acids is 2. The Labute approximate surface area is 79.5 Å². The molecular weight excluding hydrogens is 168 g/mol. The summed E-state index contributed by atoms with van der Waals surface area (Å²) in [6.45, 7) is 5.61. The first-order chi connectivity index (χ1) is 6.02. The van der Waals surface area contributed by atoms with E-state index in [4.69, 9.17) is 0 Å². The van der Waals surface area contributed by atoms with Crippen molar-refractivity contribution in [2.24, 2.45) is 11.8 Å². The Morgan fingerprint density at radius 2 is 1.85 bits per heavy atom. The lowest BCUT2D eigenvalue weighted by Gasteiger charge is -2.14. The molecule has 0 fully saturated rings. The SMILES string of the molecule is CC[C@H](CC(=O)OC)C(=O)C(C)C. The molecule has 0 bridgehead atoms. The van der Waals surface area contributed by atoms with E-state index < -0.39 is 0 Å². The predicted octanol–water partition coefficient (Wildman–Crippen LogP) is 1.80. The number of esters is 1. The second-order valence-electron chi connectivity index (χ2n) is 3.44. The minimum atomic E-state index is -0.305. The maximum atomic E-state index is 11.5. The molecule has 0 N–H and O–H groups in total. The van der Waals surface area contributed by atoms with Crippen molar-refractivity contribution in [2.75, 3.05) is 7.11 Å². The zero-order valence-electron chi connectivity index (χ0n) is 8.79. The van der Waals surface area contributed by atoms with Crippen LogP contribution in [0.4, 0.5) is 0 Å². The van der Waals surface area contributed by atoms with E-state index in [1.54, 1.807) is 0 Å². The van der Waals surface area contributed by atoms with Crippen molar-refractivity contribution < 1.29 is 14.3 Å². The van der Waals surface area contributed by atoms with Crippen LogP contribution < -0.4 is 0 Å². The number of carbonyl (C=O) groups is 2. The van der Waals surface area contributed by atoms with Gasteiger partial charge in [0.15, 0.2) is 0 Å². The molecule has 3 heteroatoms. The minimum Gasteiger partial charge on any atom is -0.469 e. The van der Waals surface area contributed by atoms with Gasteiger partial charge in [0.1, 0.15) is 5.78 Å². The van der Waals surface area contributed by atoms with Gasteiger partial charge in [-0.1, -0.05) is 20.8 Å². The molecule has 0 heterocycles. The Balaban J connectivity index is 4.18. The van der Waals surface area contributed by atoms with Crippen LogP contribution >= 0.6 is 0 Å². The molecule has 0 unspecified atom stereocenters. The van der Waals surface area contributed by atoms with Gasteiger partial charge in [0, 0.05) is 11.8 Å². The average Bonchev–Trinajstić information content (AvgIpc) is 2.12. The van der Waals surface area contributed by atoms with Gasteiger partial charge in [-0.25, -0.2) is 0 Å². The summed E-state index contributed by atoms with van der Waals surface area (Å²) in [5.41, 5.74) is 0. The summed E-state index contributed by atoms with van der Waals surface area (Å²) in [5, 5.41) is 0. The van der Waals surface area contributed by atoms with E-state index in [0.717, 1.165) is 0 Å². The van der Waals surface area contributed by atoms with Crippen LogP contribution in [0.5, 0.6) is 0 Å². The summed E-state index contributed by atoms with van der Waals surface area (Å²) in [5.74, 6) is -0.337. The number of hydrogen-bond donors (Lipinski definition) is 0. The Hall–Kier alpha value is -0.860. The lowest BCUT2D eigenvalue weighted by atomic mass is 9.90. The molecule has 0 saturated heterocycles. The molecule has 0 rings (SSSR count). The molecule has 1 atom stereocenters. The number of ether oxygens (including phenoxy) is 1. The van der Waals surface area contributed by atoms with E-state index in [2.05, 4.69) is 4.74 Å². The van der Waals surface area contributed by atoms with E-state index in [1.807, 2.05) is 20.8 Å². The van der Waals surface area contributed by atoms with Crippen molar-refractivity contribution in [1.82, 2.24) is 0 Å². The molecule has 0 aromatic carbocycles. The van der Waals surface area contributed by atoms with Gasteiger partial charge in [-0.05, 0) is 6.42 Å². The fourth-order valence-electron chi connectivity index (χ4n) is 1.20. The lowest BCUT2D eigenvalue weighted by molar-refractivity contribution is -0.144. The van der Waals surface area contributed by atoms with Gasteiger partial charge >= 0.3 is 5.97 Å². The molecule has 0 amide bonds. The number of Topliss-reactive ketones (excluding diaryl/α,β-unsaturated/α-hetero) is 1. The highest BCUT2D eigenvalue weighted by Crippen LogP contribution is 2.15. The molecular formula is C10H18O3. The second kappa shape index (κ2) is 5.73. The van der Waals surface area contributed by atoms with Crippen LogP contribution in [-0.2, 0) is 14.3 Å². The largest absolute Gasteiger partial charge is 0.469 e. The molecule has 0 aromatic heterocycles. The van der Waals surface area contributed by atoms with Gasteiger partial charge in [-0.2, -0.15) is 0 Å². The van der Waals surface area contributed by atoms with Crippen LogP contribution in [-0.4, -0.2) is 18.9 Å². The van der Waals surface area contributed by atoms with Gasteiger partial charge in [0.2, 0.25) is 0 Å². The van der Waals surface area contributed by atoms with Crippen molar-refractivity contribution >= 4 is 11.8 Å². The topological polar surface area (TPSA) is 43.4 Å². The second-order valence-corrected chi connectivity index (χ2v) is 3.44. The van der Waals surface area contributed by atoms with Crippen LogP contribution in [0.2, 0.25) is 0 Å². The number of rotatable bonds is 5. The number of hydrogen-bond acceptors (Lipinski definition) is 3. The standard InChI is InChI=1S/C10H18O3/c1-5-8(6-9(11)13-4)10(12)7(2)3/h7-8H,5-6H2,1-4H3/t8-/m1/s1. The van der Waals surface area contributed by atoms with E-state index >= 15 is 0 Å². The quantitative estimate of drug-likeness (QED) is 0.615. The maximum Gasteiger partial charge on any atom is 0.306 e. The van der Waals surface area contributed by atoms with E-state index in [1.165, 1.54) is 7.11 Å². The first-order valence-corrected chi connectivity index (χ1v) is 4.63. The van der Waals surface area contributed by atoms with Crippen LogP contribution in [0, 0.1) is 11.8 Å². The highest BCUT2D eigenvalue weighted by Gasteiger charge is 2.22. The smallest absolute Gasteiger partial charge is 0.306 e. The van der Waals surface area contributed by atoms with Gasteiger partial charge in [0.05, 0.1) is 13.5 Å². The van der Waals surface area contributed by atoms with Crippen molar-refractivity contribution in [2.45, 2.75) is 33.6 Å². The van der Waals surface area contributed by atoms with Gasteiger partial charge in [0.25, 0.3) is 0 Å². The van der Waals surface area contributed by atoms with Gasteiger partial charge in [-0.15, -0.1) is 0 Å². The number of methoxy groups -OCH3 is 1. The Morgan fingerprint density at radius 1 is 1.31 bits per heavy atom. The fraction of sp³-hybridized carbons (Fsp3) is 0.800. The monoisotopic (exact) mass is 186 g/mol. The summed E-state index contributed by atoms with van der Waals surface area (Å²) in [6, 6.07) is 0. The fourth-order valence-corrected chi connectivity index (χ4v) is 1.20. The van der Waals surface area contributed by atoms with Crippen molar-refractivity contribution in [3.05, 3.63) is 0 Å². The van der Waals surface area contributed by atoms with Crippen LogP contribution in [0.15, 0.2) is 0 Å². The highest BCUT2D eigenvalue weighted by atomic mass is 16.5. The zero-order valence-corrected chi connectivity index (χ0v) is 8.79. The summed E-state index contributed by atoms with van der Waals surface area (Å²) >= 11 is 0. The molecule has 0 spiro atoms. The molecule has 0 radical (unpaired) electrons. The molecule has 3 nitrogen and oxygen atoms in total. The third-order valence-corrected chi connectivity index (χ3v) is 2.10. The maximum absolute atomic E-state index is 11.5. The molecule has 0 aliphatic rings. The first-order valence-electron chi connectivity index (χ1n) is 4.63. The molecule has 13 heavy (non-hydrogen) atoms. The van der Waals surface area contributed by atoms with Crippen molar-refractivity contribution in [3.63, 3.8) is 0 Å². The Kier molecular flexibility index (Phi) is 5.35. The molecule has 76 valence electrons. The molecule has 0 aliphatic carbocycles. The summed E-state index contributed by atoms with van der Waals surface area (Å²) < 4.78 is 4.52. The number of ketones is 1. The first kappa shape index (κ1) is 12.1. The van der Waals surface area contributed by atoms with E-state index in [9.17, 15) is 9.59 Å². The Bertz CT molecular complexity index is 185. The van der Waals surface area contributed by atoms with E-state index in [0.29, 0.717) is 6.42 Å². The molecule has 0 aliphatic heterocycles. The zero-order chi connectivity index (χ0) is 10.4. The van der Waals surface area contributed by atoms with Crippen molar-refractivity contribution in [3.8, 4) is 0 Å². The van der Waals surface area contributed by atoms with Crippen LogP contribution in [0.3, 0.4) is 0 Å². The normalized spacial score (nSPS) is 12.7. The third kappa shape index (κ3) is 4.06. The Morgan fingerprint density at radius 3 is 2.15 bits per heavy atom. The van der Waals surface area contributed by atoms with Crippen LogP contribution in [0.1, 0.15) is 33.6 Å².